The molecule has 1 aliphatic rings. The van der Waals surface area contributed by atoms with E-state index in [1.165, 1.54) is 4.31 Å². The lowest BCUT2D eigenvalue weighted by Crippen LogP contribution is -2.40. The molecule has 0 aromatic carbocycles. The molecular weight excluding hydrogens is 262 g/mol. The summed E-state index contributed by atoms with van der Waals surface area (Å²) in [6.45, 7) is 4.53. The first-order valence-electron chi connectivity index (χ1n) is 7.52. The Balaban J connectivity index is 2.57. The van der Waals surface area contributed by atoms with E-state index in [-0.39, 0.29) is 23.7 Å². The number of sulfonamides is 1. The third-order valence-corrected chi connectivity index (χ3v) is 6.43. The highest BCUT2D eigenvalue weighted by Crippen LogP contribution is 2.26. The monoisotopic (exact) mass is 291 g/mol. The third kappa shape index (κ3) is 5.04. The maximum Gasteiger partial charge on any atom is 0.214 e. The predicted molar refractivity (Wildman–Crippen MR) is 78.5 cm³/mol. The van der Waals surface area contributed by atoms with Crippen LogP contribution in [0.1, 0.15) is 52.4 Å². The summed E-state index contributed by atoms with van der Waals surface area (Å²) in [6, 6.07) is 0. The fourth-order valence-electron chi connectivity index (χ4n) is 2.79. The van der Waals surface area contributed by atoms with Gasteiger partial charge in [0, 0.05) is 13.6 Å². The summed E-state index contributed by atoms with van der Waals surface area (Å²) in [5.74, 6) is 0.582. The van der Waals surface area contributed by atoms with Gasteiger partial charge in [-0.1, -0.05) is 39.5 Å². The Labute approximate surface area is 118 Å². The van der Waals surface area contributed by atoms with Gasteiger partial charge in [0.2, 0.25) is 10.0 Å². The van der Waals surface area contributed by atoms with Crippen LogP contribution in [0.15, 0.2) is 0 Å². The van der Waals surface area contributed by atoms with Gasteiger partial charge in [-0.2, -0.15) is 0 Å². The van der Waals surface area contributed by atoms with Gasteiger partial charge in [0.05, 0.1) is 11.9 Å². The van der Waals surface area contributed by atoms with Crippen molar-refractivity contribution in [2.75, 3.05) is 19.3 Å². The van der Waals surface area contributed by atoms with Gasteiger partial charge in [0.1, 0.15) is 0 Å². The lowest BCUT2D eigenvalue weighted by Gasteiger charge is -2.31. The Kier molecular flexibility index (Phi) is 6.77. The standard InChI is InChI=1S/C14H29NO3S/c1-4-12(5-2)11-19(17,18)15(3)10-13-8-6-7-9-14(13)16/h12-14,16H,4-11H2,1-3H3. The van der Waals surface area contributed by atoms with E-state index in [1.54, 1.807) is 7.05 Å². The summed E-state index contributed by atoms with van der Waals surface area (Å²) < 4.78 is 26.0. The van der Waals surface area contributed by atoms with E-state index < -0.39 is 10.0 Å². The van der Waals surface area contributed by atoms with Crippen LogP contribution in [0, 0.1) is 11.8 Å². The van der Waals surface area contributed by atoms with Crippen molar-refractivity contribution in [2.45, 2.75) is 58.5 Å². The summed E-state index contributed by atoms with van der Waals surface area (Å²) in [5.41, 5.74) is 0. The van der Waals surface area contributed by atoms with Gasteiger partial charge in [-0.05, 0) is 24.7 Å². The topological polar surface area (TPSA) is 57.6 Å². The van der Waals surface area contributed by atoms with Crippen molar-refractivity contribution in [3.63, 3.8) is 0 Å². The van der Waals surface area contributed by atoms with E-state index in [0.717, 1.165) is 38.5 Å². The van der Waals surface area contributed by atoms with E-state index in [0.29, 0.717) is 6.54 Å². The van der Waals surface area contributed by atoms with Crippen molar-refractivity contribution in [2.24, 2.45) is 11.8 Å². The fourth-order valence-corrected chi connectivity index (χ4v) is 4.53. The van der Waals surface area contributed by atoms with Gasteiger partial charge in [0.15, 0.2) is 0 Å². The van der Waals surface area contributed by atoms with Crippen LogP contribution >= 0.6 is 0 Å². The van der Waals surface area contributed by atoms with Crippen LogP contribution in [-0.4, -0.2) is 43.3 Å². The second-order valence-electron chi connectivity index (χ2n) is 5.85. The minimum absolute atomic E-state index is 0.107. The van der Waals surface area contributed by atoms with Crippen molar-refractivity contribution in [3.8, 4) is 0 Å². The molecule has 0 radical (unpaired) electrons. The zero-order chi connectivity index (χ0) is 14.5. The number of nitrogens with zero attached hydrogens (tertiary/aromatic N) is 1. The maximum absolute atomic E-state index is 12.3. The van der Waals surface area contributed by atoms with Gasteiger partial charge in [0.25, 0.3) is 0 Å². The van der Waals surface area contributed by atoms with Crippen molar-refractivity contribution in [1.29, 1.82) is 0 Å². The third-order valence-electron chi connectivity index (χ3n) is 4.44. The van der Waals surface area contributed by atoms with E-state index in [1.807, 2.05) is 13.8 Å². The molecule has 0 spiro atoms. The highest BCUT2D eigenvalue weighted by Gasteiger charge is 2.29. The number of hydrogen-bond acceptors (Lipinski definition) is 3. The van der Waals surface area contributed by atoms with Crippen LogP contribution in [0.5, 0.6) is 0 Å². The van der Waals surface area contributed by atoms with Crippen LogP contribution in [-0.2, 0) is 10.0 Å². The molecule has 0 bridgehead atoms. The van der Waals surface area contributed by atoms with Crippen LogP contribution in [0.3, 0.4) is 0 Å². The zero-order valence-electron chi connectivity index (χ0n) is 12.5. The highest BCUT2D eigenvalue weighted by atomic mass is 32.2. The molecule has 0 heterocycles. The number of aliphatic hydroxyl groups is 1. The van der Waals surface area contributed by atoms with E-state index >= 15 is 0 Å². The van der Waals surface area contributed by atoms with Gasteiger partial charge < -0.3 is 5.11 Å². The predicted octanol–water partition coefficient (Wildman–Crippen LogP) is 2.24. The lowest BCUT2D eigenvalue weighted by molar-refractivity contribution is 0.0620. The zero-order valence-corrected chi connectivity index (χ0v) is 13.3. The molecule has 1 N–H and O–H groups in total. The smallest absolute Gasteiger partial charge is 0.214 e. The van der Waals surface area contributed by atoms with Gasteiger partial charge in [-0.25, -0.2) is 12.7 Å². The van der Waals surface area contributed by atoms with Gasteiger partial charge >= 0.3 is 0 Å². The van der Waals surface area contributed by atoms with E-state index in [4.69, 9.17) is 0 Å². The van der Waals surface area contributed by atoms with Crippen LogP contribution < -0.4 is 0 Å². The molecule has 19 heavy (non-hydrogen) atoms. The van der Waals surface area contributed by atoms with Gasteiger partial charge in [-0.15, -0.1) is 0 Å². The first-order valence-corrected chi connectivity index (χ1v) is 9.13. The van der Waals surface area contributed by atoms with Crippen molar-refractivity contribution in [1.82, 2.24) is 4.31 Å². The maximum atomic E-state index is 12.3. The molecule has 0 saturated heterocycles. The molecule has 1 aliphatic carbocycles. The molecule has 114 valence electrons. The normalized spacial score (nSPS) is 25.2. The Hall–Kier alpha value is -0.130. The van der Waals surface area contributed by atoms with Crippen molar-refractivity contribution in [3.05, 3.63) is 0 Å². The average Bonchev–Trinajstić information content (AvgIpc) is 2.38. The molecule has 0 amide bonds. The molecule has 5 heteroatoms. The summed E-state index contributed by atoms with van der Waals surface area (Å²) in [4.78, 5) is 0. The second kappa shape index (κ2) is 7.60. The quantitative estimate of drug-likeness (QED) is 0.782. The van der Waals surface area contributed by atoms with Crippen LogP contribution in [0.4, 0.5) is 0 Å². The SMILES string of the molecule is CCC(CC)CS(=O)(=O)N(C)CC1CCCCC1O. The molecule has 0 aromatic rings. The highest BCUT2D eigenvalue weighted by molar-refractivity contribution is 7.89. The Bertz CT molecular complexity index is 352. The molecule has 0 aromatic heterocycles. The first-order chi connectivity index (χ1) is 8.90. The molecule has 0 aliphatic heterocycles. The minimum atomic E-state index is -3.18. The molecule has 1 saturated carbocycles. The number of hydrogen-bond donors (Lipinski definition) is 1. The van der Waals surface area contributed by atoms with Crippen molar-refractivity contribution >= 4 is 10.0 Å². The Morgan fingerprint density at radius 2 is 1.79 bits per heavy atom. The molecule has 1 rings (SSSR count). The summed E-state index contributed by atoms with van der Waals surface area (Å²) in [7, 11) is -1.53. The molecule has 2 atom stereocenters. The number of rotatable bonds is 7. The minimum Gasteiger partial charge on any atom is -0.393 e. The summed E-state index contributed by atoms with van der Waals surface area (Å²) >= 11 is 0. The number of aliphatic hydroxyl groups excluding tert-OH is 1. The molecule has 4 nitrogen and oxygen atoms in total. The summed E-state index contributed by atoms with van der Waals surface area (Å²) in [5, 5.41) is 9.94. The van der Waals surface area contributed by atoms with E-state index in [9.17, 15) is 13.5 Å². The Morgan fingerprint density at radius 3 is 2.32 bits per heavy atom. The summed E-state index contributed by atoms with van der Waals surface area (Å²) in [6.07, 6.45) is 5.37. The van der Waals surface area contributed by atoms with Crippen LogP contribution in [0.25, 0.3) is 0 Å². The second-order valence-corrected chi connectivity index (χ2v) is 7.97. The van der Waals surface area contributed by atoms with E-state index in [2.05, 4.69) is 0 Å². The average molecular weight is 291 g/mol. The van der Waals surface area contributed by atoms with Gasteiger partial charge in [-0.3, -0.25) is 0 Å². The first kappa shape index (κ1) is 16.9. The molecule has 1 fully saturated rings. The lowest BCUT2D eigenvalue weighted by atomic mass is 9.86. The molecular formula is C14H29NO3S. The largest absolute Gasteiger partial charge is 0.393 e. The Morgan fingerprint density at radius 1 is 1.21 bits per heavy atom. The molecule has 2 unspecified atom stereocenters. The van der Waals surface area contributed by atoms with Crippen LogP contribution in [0.2, 0.25) is 0 Å². The van der Waals surface area contributed by atoms with Crippen molar-refractivity contribution < 1.29 is 13.5 Å². The fraction of sp³-hybridized carbons (Fsp3) is 1.00.